The smallest absolute Gasteiger partial charge is 0.224 e. The summed E-state index contributed by atoms with van der Waals surface area (Å²) in [5, 5.41) is 3.34. The number of halogens is 1. The molecule has 130 valence electrons. The van der Waals surface area contributed by atoms with Gasteiger partial charge < -0.3 is 5.32 Å². The topological polar surface area (TPSA) is 32.3 Å². The van der Waals surface area contributed by atoms with Crippen LogP contribution in [-0.2, 0) is 11.3 Å². The van der Waals surface area contributed by atoms with Crippen molar-refractivity contribution in [1.29, 1.82) is 0 Å². The lowest BCUT2D eigenvalue weighted by Gasteiger charge is -2.33. The second-order valence-corrected chi connectivity index (χ2v) is 7.96. The Morgan fingerprint density at radius 3 is 2.83 bits per heavy atom. The largest absolute Gasteiger partial charge is 0.353 e. The lowest BCUT2D eigenvalue weighted by atomic mass is 9.92. The number of carbonyl (C=O) groups is 1. The molecule has 4 unspecified atom stereocenters. The van der Waals surface area contributed by atoms with Crippen molar-refractivity contribution in [3.63, 3.8) is 0 Å². The fraction of sp³-hybridized carbons (Fsp3) is 0.650. The molecule has 2 saturated carbocycles. The third-order valence-electron chi connectivity index (χ3n) is 6.29. The van der Waals surface area contributed by atoms with Gasteiger partial charge in [-0.1, -0.05) is 24.6 Å². The van der Waals surface area contributed by atoms with Crippen LogP contribution in [0.5, 0.6) is 0 Å². The van der Waals surface area contributed by atoms with Crippen LogP contribution in [0, 0.1) is 23.6 Å². The van der Waals surface area contributed by atoms with Crippen LogP contribution < -0.4 is 5.32 Å². The Kier molecular flexibility index (Phi) is 4.57. The SMILES string of the molecule is O=C(NC1CC2CCC1C2)C1CCCN(Cc2ccccc2F)C1. The molecular formula is C20H27FN2O. The number of rotatable bonds is 4. The van der Waals surface area contributed by atoms with Crippen LogP contribution in [0.4, 0.5) is 4.39 Å². The van der Waals surface area contributed by atoms with Gasteiger partial charge in [0.05, 0.1) is 5.92 Å². The Labute approximate surface area is 143 Å². The fourth-order valence-electron chi connectivity index (χ4n) is 5.00. The van der Waals surface area contributed by atoms with Gasteiger partial charge in [0.1, 0.15) is 5.82 Å². The van der Waals surface area contributed by atoms with Crippen LogP contribution in [-0.4, -0.2) is 29.9 Å². The molecule has 1 aromatic carbocycles. The van der Waals surface area contributed by atoms with Gasteiger partial charge >= 0.3 is 0 Å². The predicted octanol–water partition coefficient (Wildman–Crippen LogP) is 3.34. The van der Waals surface area contributed by atoms with E-state index in [1.54, 1.807) is 6.07 Å². The molecule has 24 heavy (non-hydrogen) atoms. The Balaban J connectivity index is 1.33. The maximum Gasteiger partial charge on any atom is 0.224 e. The Bertz CT molecular complexity index is 605. The van der Waals surface area contributed by atoms with Crippen molar-refractivity contribution in [2.75, 3.05) is 13.1 Å². The van der Waals surface area contributed by atoms with E-state index in [0.717, 1.165) is 43.3 Å². The molecule has 1 N–H and O–H groups in total. The van der Waals surface area contributed by atoms with E-state index in [-0.39, 0.29) is 17.6 Å². The molecule has 2 bridgehead atoms. The lowest BCUT2D eigenvalue weighted by molar-refractivity contribution is -0.127. The second-order valence-electron chi connectivity index (χ2n) is 7.96. The van der Waals surface area contributed by atoms with E-state index in [9.17, 15) is 9.18 Å². The van der Waals surface area contributed by atoms with Gasteiger partial charge in [-0.3, -0.25) is 9.69 Å². The molecule has 1 aromatic rings. The van der Waals surface area contributed by atoms with Crippen LogP contribution in [0.15, 0.2) is 24.3 Å². The number of benzene rings is 1. The van der Waals surface area contributed by atoms with E-state index in [1.807, 2.05) is 12.1 Å². The number of likely N-dealkylation sites (tertiary alicyclic amines) is 1. The average Bonchev–Trinajstić information content (AvgIpc) is 3.20. The Morgan fingerprint density at radius 1 is 1.21 bits per heavy atom. The van der Waals surface area contributed by atoms with Crippen molar-refractivity contribution >= 4 is 5.91 Å². The van der Waals surface area contributed by atoms with Crippen LogP contribution in [0.3, 0.4) is 0 Å². The van der Waals surface area contributed by atoms with Gasteiger partial charge in [-0.05, 0) is 56.6 Å². The molecule has 0 spiro atoms. The van der Waals surface area contributed by atoms with E-state index in [1.165, 1.54) is 31.7 Å². The van der Waals surface area contributed by atoms with Crippen molar-refractivity contribution in [2.45, 2.75) is 51.1 Å². The minimum Gasteiger partial charge on any atom is -0.353 e. The van der Waals surface area contributed by atoms with Crippen LogP contribution in [0.25, 0.3) is 0 Å². The second kappa shape index (κ2) is 6.83. The number of piperidine rings is 1. The predicted molar refractivity (Wildman–Crippen MR) is 91.8 cm³/mol. The highest BCUT2D eigenvalue weighted by molar-refractivity contribution is 5.79. The minimum absolute atomic E-state index is 0.0599. The van der Waals surface area contributed by atoms with Gasteiger partial charge in [0.25, 0.3) is 0 Å². The first-order chi connectivity index (χ1) is 11.7. The highest BCUT2D eigenvalue weighted by Crippen LogP contribution is 2.44. The van der Waals surface area contributed by atoms with Gasteiger partial charge in [0, 0.05) is 24.7 Å². The monoisotopic (exact) mass is 330 g/mol. The van der Waals surface area contributed by atoms with Gasteiger partial charge in [0.15, 0.2) is 0 Å². The van der Waals surface area contributed by atoms with E-state index < -0.39 is 0 Å². The third kappa shape index (κ3) is 3.34. The number of nitrogens with zero attached hydrogens (tertiary/aromatic N) is 1. The molecule has 0 radical (unpaired) electrons. The normalized spacial score (nSPS) is 32.9. The average molecular weight is 330 g/mol. The quantitative estimate of drug-likeness (QED) is 0.918. The molecule has 3 fully saturated rings. The van der Waals surface area contributed by atoms with Crippen molar-refractivity contribution < 1.29 is 9.18 Å². The van der Waals surface area contributed by atoms with Crippen LogP contribution in [0.2, 0.25) is 0 Å². The zero-order chi connectivity index (χ0) is 16.5. The Hall–Kier alpha value is -1.42. The number of nitrogens with one attached hydrogen (secondary N) is 1. The van der Waals surface area contributed by atoms with Crippen LogP contribution in [0.1, 0.15) is 44.1 Å². The summed E-state index contributed by atoms with van der Waals surface area (Å²) in [7, 11) is 0. The van der Waals surface area contributed by atoms with Crippen molar-refractivity contribution in [2.24, 2.45) is 17.8 Å². The van der Waals surface area contributed by atoms with Gasteiger partial charge in [-0.25, -0.2) is 4.39 Å². The molecule has 1 amide bonds. The van der Waals surface area contributed by atoms with E-state index in [2.05, 4.69) is 10.2 Å². The summed E-state index contributed by atoms with van der Waals surface area (Å²) in [6.07, 6.45) is 7.12. The van der Waals surface area contributed by atoms with Gasteiger partial charge in [-0.15, -0.1) is 0 Å². The van der Waals surface area contributed by atoms with E-state index in [0.29, 0.717) is 12.6 Å². The highest BCUT2D eigenvalue weighted by atomic mass is 19.1. The van der Waals surface area contributed by atoms with E-state index in [4.69, 9.17) is 0 Å². The molecule has 1 saturated heterocycles. The van der Waals surface area contributed by atoms with Crippen molar-refractivity contribution in [3.8, 4) is 0 Å². The summed E-state index contributed by atoms with van der Waals surface area (Å²) < 4.78 is 13.9. The minimum atomic E-state index is -0.147. The number of fused-ring (bicyclic) bond motifs is 2. The molecule has 2 aliphatic carbocycles. The first-order valence-corrected chi connectivity index (χ1v) is 9.45. The molecule has 1 aliphatic heterocycles. The molecule has 3 nitrogen and oxygen atoms in total. The molecule has 1 heterocycles. The zero-order valence-corrected chi connectivity index (χ0v) is 14.2. The number of amides is 1. The summed E-state index contributed by atoms with van der Waals surface area (Å²) >= 11 is 0. The lowest BCUT2D eigenvalue weighted by Crippen LogP contribution is -2.47. The van der Waals surface area contributed by atoms with Crippen molar-refractivity contribution in [1.82, 2.24) is 10.2 Å². The summed E-state index contributed by atoms with van der Waals surface area (Å²) in [4.78, 5) is 14.9. The summed E-state index contributed by atoms with van der Waals surface area (Å²) in [5.41, 5.74) is 0.728. The highest BCUT2D eigenvalue weighted by Gasteiger charge is 2.41. The number of carbonyl (C=O) groups excluding carboxylic acids is 1. The standard InChI is InChI=1S/C20H27FN2O/c21-18-6-2-1-4-16(18)12-23-9-3-5-17(13-23)20(24)22-19-11-14-7-8-15(19)10-14/h1-2,4,6,14-15,17,19H,3,5,7-13H2,(H,22,24). The molecule has 4 atom stereocenters. The van der Waals surface area contributed by atoms with E-state index >= 15 is 0 Å². The molecular weight excluding hydrogens is 303 g/mol. The Morgan fingerprint density at radius 2 is 2.08 bits per heavy atom. The molecule has 3 aliphatic rings. The van der Waals surface area contributed by atoms with Crippen molar-refractivity contribution in [3.05, 3.63) is 35.6 Å². The van der Waals surface area contributed by atoms with Gasteiger partial charge in [0.2, 0.25) is 5.91 Å². The summed E-state index contributed by atoms with van der Waals surface area (Å²) in [6, 6.07) is 7.37. The first kappa shape index (κ1) is 16.1. The maximum absolute atomic E-state index is 13.9. The molecule has 4 rings (SSSR count). The zero-order valence-electron chi connectivity index (χ0n) is 14.2. The first-order valence-electron chi connectivity index (χ1n) is 9.45. The third-order valence-corrected chi connectivity index (χ3v) is 6.29. The molecule has 4 heteroatoms. The van der Waals surface area contributed by atoms with Crippen LogP contribution >= 0.6 is 0 Å². The van der Waals surface area contributed by atoms with Gasteiger partial charge in [-0.2, -0.15) is 0 Å². The number of hydrogen-bond acceptors (Lipinski definition) is 2. The number of hydrogen-bond donors (Lipinski definition) is 1. The summed E-state index contributed by atoms with van der Waals surface area (Å²) in [6.45, 7) is 2.30. The summed E-state index contributed by atoms with van der Waals surface area (Å²) in [5.74, 6) is 1.71. The molecule has 0 aromatic heterocycles. The fourth-order valence-corrected chi connectivity index (χ4v) is 5.00. The maximum atomic E-state index is 13.9.